The Balaban J connectivity index is 1.81. The molecule has 1 aliphatic carbocycles. The maximum absolute atomic E-state index is 14.1. The summed E-state index contributed by atoms with van der Waals surface area (Å²) in [5, 5.41) is 18.8. The van der Waals surface area contributed by atoms with Crippen LogP contribution in [0.2, 0.25) is 0 Å². The van der Waals surface area contributed by atoms with Crippen LogP contribution in [-0.2, 0) is 7.05 Å². The average molecular weight is 499 g/mol. The molecule has 4 aromatic rings. The van der Waals surface area contributed by atoms with Crippen molar-refractivity contribution in [2.24, 2.45) is 7.05 Å². The largest absolute Gasteiger partial charge is 0.289 e. The van der Waals surface area contributed by atoms with Gasteiger partial charge in [-0.15, -0.1) is 0 Å². The van der Waals surface area contributed by atoms with Crippen LogP contribution in [0, 0.1) is 23.0 Å². The number of carbonyl (C=O) groups is 1. The lowest BCUT2D eigenvalue weighted by molar-refractivity contribution is 0.104. The number of Topliss-reactive ketones (excluding diaryl/α,β-unsaturated/α-hetero) is 1. The van der Waals surface area contributed by atoms with E-state index in [1.807, 2.05) is 19.9 Å². The summed E-state index contributed by atoms with van der Waals surface area (Å²) in [5.41, 5.74) is 5.93. The molecule has 0 bridgehead atoms. The van der Waals surface area contributed by atoms with Crippen molar-refractivity contribution >= 4 is 39.5 Å². The van der Waals surface area contributed by atoms with Gasteiger partial charge in [0, 0.05) is 40.5 Å². The van der Waals surface area contributed by atoms with E-state index in [9.17, 15) is 18.8 Å². The highest BCUT2D eigenvalue weighted by Gasteiger charge is 2.33. The molecule has 5 rings (SSSR count). The molecule has 0 unspecified atom stereocenters. The number of aryl methyl sites for hydroxylation is 1. The van der Waals surface area contributed by atoms with Crippen LogP contribution in [0.15, 0.2) is 29.5 Å². The Kier molecular flexibility index (Phi) is 5.71. The molecule has 0 saturated heterocycles. The van der Waals surface area contributed by atoms with Gasteiger partial charge in [0.25, 0.3) is 0 Å². The van der Waals surface area contributed by atoms with E-state index in [1.165, 1.54) is 13.0 Å². The Morgan fingerprint density at radius 2 is 1.54 bits per heavy atom. The highest BCUT2D eigenvalue weighted by atomic mass is 19.2. The summed E-state index contributed by atoms with van der Waals surface area (Å²) in [6, 6.07) is 3.87. The molecule has 0 atom stereocenters. The number of allylic oxidation sites excluding steroid dienone is 3. The Bertz CT molecular complexity index is 1750. The van der Waals surface area contributed by atoms with Gasteiger partial charge >= 0.3 is 0 Å². The Labute approximate surface area is 212 Å². The van der Waals surface area contributed by atoms with E-state index >= 15 is 0 Å². The van der Waals surface area contributed by atoms with Crippen LogP contribution in [0.3, 0.4) is 0 Å². The molecule has 0 aliphatic heterocycles. The van der Waals surface area contributed by atoms with Gasteiger partial charge in [-0.1, -0.05) is 27.7 Å². The number of carbonyl (C=O) groups excluding carboxylic acids is 1. The van der Waals surface area contributed by atoms with Gasteiger partial charge in [-0.25, -0.2) is 13.8 Å². The first kappa shape index (κ1) is 24.4. The smallest absolute Gasteiger partial charge is 0.194 e. The summed E-state index contributed by atoms with van der Waals surface area (Å²) >= 11 is 0. The number of ketones is 1. The summed E-state index contributed by atoms with van der Waals surface area (Å²) in [7, 11) is 1.77. The van der Waals surface area contributed by atoms with Gasteiger partial charge in [-0.05, 0) is 42.5 Å². The molecule has 0 fully saturated rings. The number of fused-ring (bicyclic) bond motifs is 3. The molecule has 9 heteroatoms. The highest BCUT2D eigenvalue weighted by Crippen LogP contribution is 2.41. The number of aromatic nitrogens is 5. The third-order valence-corrected chi connectivity index (χ3v) is 6.60. The van der Waals surface area contributed by atoms with E-state index in [4.69, 9.17) is 9.97 Å². The standard InChI is InChI=1S/C28H24F2N6O/c1-12(2)21-24-25(22(13(3)4)27-26(21)34-36(6)35-27)33-15(11-32-24)7-18-23(14(5)10-31)16-8-19(29)20(30)9-17(16)28(18)37/h7-9,11-13H,1-6H3/b18-7-,23-14-. The van der Waals surface area contributed by atoms with Crippen LogP contribution in [0.5, 0.6) is 0 Å². The average Bonchev–Trinajstić information content (AvgIpc) is 3.33. The van der Waals surface area contributed by atoms with Crippen molar-refractivity contribution in [2.45, 2.75) is 46.5 Å². The maximum Gasteiger partial charge on any atom is 0.194 e. The zero-order valence-corrected chi connectivity index (χ0v) is 21.3. The summed E-state index contributed by atoms with van der Waals surface area (Å²) in [6.45, 7) is 9.74. The van der Waals surface area contributed by atoms with Crippen LogP contribution in [0.4, 0.5) is 8.78 Å². The van der Waals surface area contributed by atoms with Crippen molar-refractivity contribution in [3.8, 4) is 6.07 Å². The van der Waals surface area contributed by atoms with Crippen molar-refractivity contribution in [1.82, 2.24) is 25.0 Å². The number of hydrogen-bond donors (Lipinski definition) is 0. The summed E-state index contributed by atoms with van der Waals surface area (Å²) in [5.74, 6) is -2.55. The molecule has 37 heavy (non-hydrogen) atoms. The molecule has 0 N–H and O–H groups in total. The third kappa shape index (κ3) is 3.71. The predicted octanol–water partition coefficient (Wildman–Crippen LogP) is 6.01. The second-order valence-electron chi connectivity index (χ2n) is 9.83. The Morgan fingerprint density at radius 3 is 2.11 bits per heavy atom. The van der Waals surface area contributed by atoms with Gasteiger partial charge in [-0.2, -0.15) is 20.3 Å². The topological polar surface area (TPSA) is 97.3 Å². The maximum atomic E-state index is 14.1. The first-order valence-corrected chi connectivity index (χ1v) is 11.9. The second kappa shape index (κ2) is 8.66. The lowest BCUT2D eigenvalue weighted by Crippen LogP contribution is -2.03. The van der Waals surface area contributed by atoms with Crippen LogP contribution in [0.25, 0.3) is 33.7 Å². The lowest BCUT2D eigenvalue weighted by Gasteiger charge is -2.15. The minimum atomic E-state index is -1.12. The third-order valence-electron chi connectivity index (χ3n) is 6.60. The number of rotatable bonds is 3. The summed E-state index contributed by atoms with van der Waals surface area (Å²) < 4.78 is 28.1. The van der Waals surface area contributed by atoms with Gasteiger partial charge in [0.1, 0.15) is 11.0 Å². The van der Waals surface area contributed by atoms with E-state index in [-0.39, 0.29) is 39.7 Å². The van der Waals surface area contributed by atoms with Gasteiger partial charge in [0.15, 0.2) is 17.4 Å². The monoisotopic (exact) mass is 498 g/mol. The number of hydrogen-bond acceptors (Lipinski definition) is 6. The van der Waals surface area contributed by atoms with Crippen molar-refractivity contribution in [2.75, 3.05) is 0 Å². The minimum absolute atomic E-state index is 0.00901. The molecule has 0 amide bonds. The fourth-order valence-electron chi connectivity index (χ4n) is 5.04. The van der Waals surface area contributed by atoms with E-state index in [2.05, 4.69) is 24.0 Å². The van der Waals surface area contributed by atoms with Crippen molar-refractivity contribution in [3.63, 3.8) is 0 Å². The van der Waals surface area contributed by atoms with Crippen LogP contribution in [-0.4, -0.2) is 30.7 Å². The van der Waals surface area contributed by atoms with E-state index in [0.717, 1.165) is 34.3 Å². The molecule has 186 valence electrons. The second-order valence-corrected chi connectivity index (χ2v) is 9.83. The fourth-order valence-corrected chi connectivity index (χ4v) is 5.04. The molecule has 2 heterocycles. The molecule has 1 aliphatic rings. The molecule has 0 saturated carbocycles. The van der Waals surface area contributed by atoms with Gasteiger partial charge in [0.05, 0.1) is 29.0 Å². The van der Waals surface area contributed by atoms with Crippen molar-refractivity contribution < 1.29 is 13.6 Å². The van der Waals surface area contributed by atoms with Crippen molar-refractivity contribution in [1.29, 1.82) is 5.26 Å². The van der Waals surface area contributed by atoms with Crippen LogP contribution < -0.4 is 0 Å². The first-order valence-electron chi connectivity index (χ1n) is 11.9. The quantitative estimate of drug-likeness (QED) is 0.253. The molecular formula is C28H24F2N6O. The molecular weight excluding hydrogens is 474 g/mol. The normalized spacial score (nSPS) is 15.9. The van der Waals surface area contributed by atoms with Crippen molar-refractivity contribution in [3.05, 3.63) is 69.1 Å². The Morgan fingerprint density at radius 1 is 0.973 bits per heavy atom. The zero-order valence-electron chi connectivity index (χ0n) is 21.3. The summed E-state index contributed by atoms with van der Waals surface area (Å²) in [4.78, 5) is 24.5. The zero-order chi connectivity index (χ0) is 26.8. The molecule has 7 nitrogen and oxygen atoms in total. The van der Waals surface area contributed by atoms with Gasteiger partial charge < -0.3 is 0 Å². The Hall–Kier alpha value is -4.32. The number of benzene rings is 2. The van der Waals surface area contributed by atoms with Gasteiger partial charge in [-0.3, -0.25) is 9.78 Å². The molecule has 2 aromatic heterocycles. The molecule has 0 radical (unpaired) electrons. The van der Waals surface area contributed by atoms with E-state index in [1.54, 1.807) is 18.0 Å². The SMILES string of the molecule is C/C(C#N)=C1/C(=C/c2cnc3c(C(C)C)c4nn(C)nc4c(C(C)C)c3n2)C(=O)c2cc(F)c(F)cc21. The predicted molar refractivity (Wildman–Crippen MR) is 137 cm³/mol. The summed E-state index contributed by atoms with van der Waals surface area (Å²) in [6.07, 6.45) is 3.09. The van der Waals surface area contributed by atoms with E-state index in [0.29, 0.717) is 16.7 Å². The fraction of sp³-hybridized carbons (Fsp3) is 0.286. The van der Waals surface area contributed by atoms with Crippen LogP contribution >= 0.6 is 0 Å². The minimum Gasteiger partial charge on any atom is -0.289 e. The van der Waals surface area contributed by atoms with Crippen LogP contribution in [0.1, 0.15) is 79.2 Å². The first-order chi connectivity index (χ1) is 17.5. The number of halogens is 2. The highest BCUT2D eigenvalue weighted by molar-refractivity contribution is 6.29. The lowest BCUT2D eigenvalue weighted by atomic mass is 9.92. The van der Waals surface area contributed by atoms with Gasteiger partial charge in [0.2, 0.25) is 0 Å². The molecule has 0 spiro atoms. The molecule has 2 aromatic carbocycles. The van der Waals surface area contributed by atoms with E-state index < -0.39 is 17.4 Å². The number of nitriles is 1. The number of nitrogens with zero attached hydrogens (tertiary/aromatic N) is 6.